The smallest absolute Gasteiger partial charge is 0.258 e. The van der Waals surface area contributed by atoms with Crippen LogP contribution in [-0.4, -0.2) is 26.5 Å². The number of amides is 1. The number of aryl methyl sites for hydroxylation is 1. The Morgan fingerprint density at radius 2 is 2.35 bits per heavy atom. The van der Waals surface area contributed by atoms with Crippen molar-refractivity contribution in [3.05, 3.63) is 17.3 Å². The van der Waals surface area contributed by atoms with Crippen LogP contribution in [-0.2, 0) is 6.54 Å². The molecule has 1 aliphatic rings. The van der Waals surface area contributed by atoms with Gasteiger partial charge in [0.15, 0.2) is 11.6 Å². The van der Waals surface area contributed by atoms with E-state index in [9.17, 15) is 4.79 Å². The van der Waals surface area contributed by atoms with E-state index in [-0.39, 0.29) is 17.8 Å². The van der Waals surface area contributed by atoms with Crippen molar-refractivity contribution in [1.29, 1.82) is 0 Å². The zero-order chi connectivity index (χ0) is 14.1. The van der Waals surface area contributed by atoms with E-state index in [0.717, 1.165) is 24.4 Å². The molecule has 0 spiro atoms. The van der Waals surface area contributed by atoms with Gasteiger partial charge in [-0.2, -0.15) is 9.36 Å². The Hall–Kier alpha value is -2.16. The number of rotatable bonds is 5. The molecule has 1 aliphatic carbocycles. The van der Waals surface area contributed by atoms with Gasteiger partial charge in [0, 0.05) is 6.04 Å². The summed E-state index contributed by atoms with van der Waals surface area (Å²) >= 11 is 1.14. The zero-order valence-electron chi connectivity index (χ0n) is 10.8. The molecule has 0 unspecified atom stereocenters. The highest BCUT2D eigenvalue weighted by Crippen LogP contribution is 2.28. The van der Waals surface area contributed by atoms with Gasteiger partial charge in [-0.15, -0.1) is 0 Å². The SMILES string of the molecule is Cc1noc(CNc2snc(N)c2C(=O)NC2CC2)n1. The highest BCUT2D eigenvalue weighted by molar-refractivity contribution is 7.11. The number of nitrogens with zero attached hydrogens (tertiary/aromatic N) is 3. The second-order valence-corrected chi connectivity index (χ2v) is 5.38. The zero-order valence-corrected chi connectivity index (χ0v) is 11.7. The van der Waals surface area contributed by atoms with Crippen LogP contribution in [0.25, 0.3) is 0 Å². The molecule has 3 rings (SSSR count). The average molecular weight is 294 g/mol. The molecule has 9 heteroatoms. The number of nitrogens with one attached hydrogen (secondary N) is 2. The number of nitrogen functional groups attached to an aromatic ring is 1. The van der Waals surface area contributed by atoms with E-state index in [1.807, 2.05) is 0 Å². The van der Waals surface area contributed by atoms with Gasteiger partial charge in [0.05, 0.1) is 6.54 Å². The Labute approximate surface area is 118 Å². The Balaban J connectivity index is 1.70. The summed E-state index contributed by atoms with van der Waals surface area (Å²) in [6.07, 6.45) is 2.04. The number of anilines is 2. The summed E-state index contributed by atoms with van der Waals surface area (Å²) in [7, 11) is 0. The van der Waals surface area contributed by atoms with Crippen LogP contribution in [0, 0.1) is 6.92 Å². The number of hydrogen-bond donors (Lipinski definition) is 3. The lowest BCUT2D eigenvalue weighted by Gasteiger charge is -2.05. The van der Waals surface area contributed by atoms with Crippen LogP contribution in [0.15, 0.2) is 4.52 Å². The number of carbonyl (C=O) groups is 1. The lowest BCUT2D eigenvalue weighted by Crippen LogP contribution is -2.26. The number of hydrogen-bond acceptors (Lipinski definition) is 8. The van der Waals surface area contributed by atoms with Gasteiger partial charge in [0.1, 0.15) is 10.6 Å². The van der Waals surface area contributed by atoms with Crippen molar-refractivity contribution in [2.45, 2.75) is 32.4 Å². The van der Waals surface area contributed by atoms with Gasteiger partial charge in [-0.25, -0.2) is 0 Å². The van der Waals surface area contributed by atoms with Crippen molar-refractivity contribution in [2.75, 3.05) is 11.1 Å². The Bertz CT molecular complexity index is 633. The van der Waals surface area contributed by atoms with Crippen molar-refractivity contribution in [3.8, 4) is 0 Å². The quantitative estimate of drug-likeness (QED) is 0.750. The van der Waals surface area contributed by atoms with E-state index in [4.69, 9.17) is 10.3 Å². The lowest BCUT2D eigenvalue weighted by molar-refractivity contribution is 0.0953. The van der Waals surface area contributed by atoms with E-state index < -0.39 is 0 Å². The molecule has 4 N–H and O–H groups in total. The first-order valence-electron chi connectivity index (χ1n) is 6.22. The maximum absolute atomic E-state index is 12.1. The molecule has 8 nitrogen and oxygen atoms in total. The van der Waals surface area contributed by atoms with Crippen LogP contribution in [0.4, 0.5) is 10.8 Å². The first-order chi connectivity index (χ1) is 9.63. The average Bonchev–Trinajstić information content (AvgIpc) is 2.99. The minimum Gasteiger partial charge on any atom is -0.382 e. The summed E-state index contributed by atoms with van der Waals surface area (Å²) < 4.78 is 9.01. The summed E-state index contributed by atoms with van der Waals surface area (Å²) in [4.78, 5) is 16.2. The lowest BCUT2D eigenvalue weighted by atomic mass is 10.3. The summed E-state index contributed by atoms with van der Waals surface area (Å²) in [5.41, 5.74) is 6.15. The third-order valence-electron chi connectivity index (χ3n) is 2.83. The van der Waals surface area contributed by atoms with Crippen molar-refractivity contribution < 1.29 is 9.32 Å². The molecule has 2 aromatic rings. The third-order valence-corrected chi connectivity index (χ3v) is 3.65. The molecule has 0 bridgehead atoms. The van der Waals surface area contributed by atoms with Crippen LogP contribution >= 0.6 is 11.5 Å². The Morgan fingerprint density at radius 1 is 1.55 bits per heavy atom. The number of aromatic nitrogens is 3. The van der Waals surface area contributed by atoms with Gasteiger partial charge >= 0.3 is 0 Å². The van der Waals surface area contributed by atoms with Gasteiger partial charge in [0.25, 0.3) is 5.91 Å². The Morgan fingerprint density at radius 3 is 3.00 bits per heavy atom. The number of nitrogens with two attached hydrogens (primary N) is 1. The minimum absolute atomic E-state index is 0.192. The fourth-order valence-corrected chi connectivity index (χ4v) is 2.40. The minimum atomic E-state index is -0.192. The van der Waals surface area contributed by atoms with Crippen LogP contribution in [0.3, 0.4) is 0 Å². The molecule has 106 valence electrons. The summed E-state index contributed by atoms with van der Waals surface area (Å²) in [5, 5.41) is 10.3. The first-order valence-corrected chi connectivity index (χ1v) is 7.00. The molecular weight excluding hydrogens is 280 g/mol. The monoisotopic (exact) mass is 294 g/mol. The van der Waals surface area contributed by atoms with Gasteiger partial charge < -0.3 is 20.9 Å². The molecule has 1 fully saturated rings. The van der Waals surface area contributed by atoms with E-state index in [1.165, 1.54) is 0 Å². The second-order valence-electron chi connectivity index (χ2n) is 4.61. The van der Waals surface area contributed by atoms with Crippen LogP contribution in [0.5, 0.6) is 0 Å². The predicted molar refractivity (Wildman–Crippen MR) is 73.4 cm³/mol. The maximum atomic E-state index is 12.1. The highest BCUT2D eigenvalue weighted by Gasteiger charge is 2.27. The molecule has 20 heavy (non-hydrogen) atoms. The van der Waals surface area contributed by atoms with Crippen molar-refractivity contribution in [2.24, 2.45) is 0 Å². The van der Waals surface area contributed by atoms with E-state index >= 15 is 0 Å². The van der Waals surface area contributed by atoms with Gasteiger partial charge in [-0.3, -0.25) is 4.79 Å². The molecule has 2 heterocycles. The third kappa shape index (κ3) is 2.72. The van der Waals surface area contributed by atoms with Gasteiger partial charge in [-0.05, 0) is 31.3 Å². The van der Waals surface area contributed by atoms with Crippen molar-refractivity contribution in [1.82, 2.24) is 19.8 Å². The second kappa shape index (κ2) is 5.08. The maximum Gasteiger partial charge on any atom is 0.258 e. The summed E-state index contributed by atoms with van der Waals surface area (Å²) in [6, 6.07) is 0.272. The molecule has 0 atom stereocenters. The highest BCUT2D eigenvalue weighted by atomic mass is 32.1. The molecule has 2 aromatic heterocycles. The van der Waals surface area contributed by atoms with Crippen LogP contribution in [0.2, 0.25) is 0 Å². The van der Waals surface area contributed by atoms with Crippen LogP contribution in [0.1, 0.15) is 34.9 Å². The molecule has 0 saturated heterocycles. The fraction of sp³-hybridized carbons (Fsp3) is 0.455. The standard InChI is InChI=1S/C11H14N6O2S/c1-5-14-7(19-16-5)4-13-11-8(9(12)17-20-11)10(18)15-6-2-3-6/h6,13H,2-4H2,1H3,(H2,12,17)(H,15,18). The summed E-state index contributed by atoms with van der Waals surface area (Å²) in [5.74, 6) is 1.06. The van der Waals surface area contributed by atoms with Crippen LogP contribution < -0.4 is 16.4 Å². The largest absolute Gasteiger partial charge is 0.382 e. The van der Waals surface area contributed by atoms with E-state index in [1.54, 1.807) is 6.92 Å². The molecule has 1 saturated carbocycles. The van der Waals surface area contributed by atoms with Crippen molar-refractivity contribution >= 4 is 28.3 Å². The van der Waals surface area contributed by atoms with Gasteiger partial charge in [0.2, 0.25) is 5.89 Å². The normalized spacial score (nSPS) is 14.2. The molecule has 0 aromatic carbocycles. The fourth-order valence-electron chi connectivity index (χ4n) is 1.70. The first kappa shape index (κ1) is 12.9. The van der Waals surface area contributed by atoms with E-state index in [0.29, 0.717) is 28.8 Å². The van der Waals surface area contributed by atoms with E-state index in [2.05, 4.69) is 25.1 Å². The molecule has 0 aliphatic heterocycles. The number of carbonyl (C=O) groups excluding carboxylic acids is 1. The molecule has 0 radical (unpaired) electrons. The predicted octanol–water partition coefficient (Wildman–Crippen LogP) is 0.921. The van der Waals surface area contributed by atoms with Gasteiger partial charge in [-0.1, -0.05) is 5.16 Å². The van der Waals surface area contributed by atoms with Crippen molar-refractivity contribution in [3.63, 3.8) is 0 Å². The topological polar surface area (TPSA) is 119 Å². The summed E-state index contributed by atoms with van der Waals surface area (Å²) in [6.45, 7) is 2.07. The molecule has 1 amide bonds. The Kier molecular flexibility index (Phi) is 3.26. The molecular formula is C11H14N6O2S.